The predicted octanol–water partition coefficient (Wildman–Crippen LogP) is 5.33. The Kier molecular flexibility index (Phi) is 5.56. The maximum atomic E-state index is 13.2. The van der Waals surface area contributed by atoms with Gasteiger partial charge in [0.2, 0.25) is 0 Å². The maximum Gasteiger partial charge on any atom is 0.323 e. The van der Waals surface area contributed by atoms with Crippen LogP contribution in [0, 0.1) is 19.7 Å². The molecule has 2 amide bonds. The number of rotatable bonds is 4. The number of nitrogens with zero attached hydrogens (tertiary/aromatic N) is 4. The summed E-state index contributed by atoms with van der Waals surface area (Å²) in [4.78, 5) is 21.7. The first-order valence-corrected chi connectivity index (χ1v) is 10.1. The van der Waals surface area contributed by atoms with Gasteiger partial charge in [0, 0.05) is 27.5 Å². The number of amides is 2. The van der Waals surface area contributed by atoms with E-state index in [-0.39, 0.29) is 5.02 Å². The SMILES string of the molecule is Cc1nc2ncnn2c(Sc2ccc(NC(=O)Nc3ccc(F)c(Cl)c3)cc2)c1C. The van der Waals surface area contributed by atoms with Crippen molar-refractivity contribution in [2.45, 2.75) is 23.8 Å². The van der Waals surface area contributed by atoms with Gasteiger partial charge in [0.1, 0.15) is 17.2 Å². The Morgan fingerprint density at radius 1 is 1.10 bits per heavy atom. The highest BCUT2D eigenvalue weighted by atomic mass is 35.5. The minimum absolute atomic E-state index is 0.0580. The molecule has 2 aromatic carbocycles. The lowest BCUT2D eigenvalue weighted by Gasteiger charge is -2.11. The molecular formula is C20H16ClFN6OS. The Bertz CT molecular complexity index is 1240. The van der Waals surface area contributed by atoms with E-state index in [0.29, 0.717) is 17.2 Å². The third-order valence-electron chi connectivity index (χ3n) is 4.36. The predicted molar refractivity (Wildman–Crippen MR) is 115 cm³/mol. The van der Waals surface area contributed by atoms with Gasteiger partial charge in [-0.15, -0.1) is 0 Å². The van der Waals surface area contributed by atoms with E-state index in [0.717, 1.165) is 21.2 Å². The van der Waals surface area contributed by atoms with Gasteiger partial charge in [-0.1, -0.05) is 23.4 Å². The fourth-order valence-electron chi connectivity index (χ4n) is 2.71. The minimum Gasteiger partial charge on any atom is -0.308 e. The molecule has 0 radical (unpaired) electrons. The number of fused-ring (bicyclic) bond motifs is 1. The summed E-state index contributed by atoms with van der Waals surface area (Å²) >= 11 is 7.27. The van der Waals surface area contributed by atoms with Crippen molar-refractivity contribution in [3.05, 3.63) is 70.9 Å². The highest BCUT2D eigenvalue weighted by molar-refractivity contribution is 7.99. The van der Waals surface area contributed by atoms with Crippen LogP contribution in [0.2, 0.25) is 5.02 Å². The summed E-state index contributed by atoms with van der Waals surface area (Å²) in [5.74, 6) is 0.00923. The Hall–Kier alpha value is -3.17. The number of halogens is 2. The molecule has 0 saturated carbocycles. The van der Waals surface area contributed by atoms with Gasteiger partial charge in [0.15, 0.2) is 0 Å². The smallest absolute Gasteiger partial charge is 0.308 e. The van der Waals surface area contributed by atoms with Crippen LogP contribution in [0.5, 0.6) is 0 Å². The second kappa shape index (κ2) is 8.29. The highest BCUT2D eigenvalue weighted by Gasteiger charge is 2.13. The van der Waals surface area contributed by atoms with Gasteiger partial charge in [-0.3, -0.25) is 0 Å². The van der Waals surface area contributed by atoms with Gasteiger partial charge >= 0.3 is 6.03 Å². The van der Waals surface area contributed by atoms with E-state index in [2.05, 4.69) is 25.7 Å². The molecule has 152 valence electrons. The summed E-state index contributed by atoms with van der Waals surface area (Å²) in [6.45, 7) is 3.93. The molecule has 7 nitrogen and oxygen atoms in total. The summed E-state index contributed by atoms with van der Waals surface area (Å²) in [5, 5.41) is 10.5. The second-order valence-corrected chi connectivity index (χ2v) is 7.90. The maximum absolute atomic E-state index is 13.2. The number of hydrogen-bond acceptors (Lipinski definition) is 5. The fourth-order valence-corrected chi connectivity index (χ4v) is 3.90. The topological polar surface area (TPSA) is 84.2 Å². The van der Waals surface area contributed by atoms with Crippen molar-refractivity contribution < 1.29 is 9.18 Å². The number of carbonyl (C=O) groups is 1. The van der Waals surface area contributed by atoms with E-state index in [1.807, 2.05) is 26.0 Å². The third-order valence-corrected chi connectivity index (χ3v) is 5.83. The highest BCUT2D eigenvalue weighted by Crippen LogP contribution is 2.31. The van der Waals surface area contributed by atoms with Crippen molar-refractivity contribution in [1.82, 2.24) is 19.6 Å². The van der Waals surface area contributed by atoms with E-state index in [1.165, 1.54) is 36.3 Å². The lowest BCUT2D eigenvalue weighted by molar-refractivity contribution is 0.262. The zero-order valence-electron chi connectivity index (χ0n) is 16.0. The molecule has 0 bridgehead atoms. The van der Waals surface area contributed by atoms with Crippen molar-refractivity contribution in [3.8, 4) is 0 Å². The summed E-state index contributed by atoms with van der Waals surface area (Å²) in [7, 11) is 0. The Morgan fingerprint density at radius 2 is 1.80 bits per heavy atom. The average molecular weight is 443 g/mol. The summed E-state index contributed by atoms with van der Waals surface area (Å²) < 4.78 is 14.9. The largest absolute Gasteiger partial charge is 0.323 e. The number of urea groups is 1. The van der Waals surface area contributed by atoms with Crippen LogP contribution in [0.1, 0.15) is 11.3 Å². The van der Waals surface area contributed by atoms with Crippen molar-refractivity contribution in [3.63, 3.8) is 0 Å². The molecule has 0 atom stereocenters. The van der Waals surface area contributed by atoms with Crippen LogP contribution in [-0.4, -0.2) is 25.6 Å². The van der Waals surface area contributed by atoms with Crippen LogP contribution >= 0.6 is 23.4 Å². The van der Waals surface area contributed by atoms with Gasteiger partial charge in [-0.05, 0) is 56.3 Å². The monoisotopic (exact) mass is 442 g/mol. The Morgan fingerprint density at radius 3 is 2.53 bits per heavy atom. The molecule has 0 unspecified atom stereocenters. The van der Waals surface area contributed by atoms with E-state index in [1.54, 1.807) is 16.6 Å². The number of aromatic nitrogens is 4. The number of carbonyl (C=O) groups excluding carboxylic acids is 1. The molecule has 30 heavy (non-hydrogen) atoms. The number of benzene rings is 2. The molecule has 0 spiro atoms. The molecule has 4 aromatic rings. The van der Waals surface area contributed by atoms with Crippen LogP contribution in [0.25, 0.3) is 5.78 Å². The molecule has 0 aliphatic carbocycles. The normalized spacial score (nSPS) is 10.9. The van der Waals surface area contributed by atoms with E-state index in [9.17, 15) is 9.18 Å². The summed E-state index contributed by atoms with van der Waals surface area (Å²) in [6, 6.07) is 10.9. The molecule has 0 saturated heterocycles. The average Bonchev–Trinajstić information content (AvgIpc) is 3.17. The van der Waals surface area contributed by atoms with Crippen LogP contribution < -0.4 is 10.6 Å². The Labute approximate surface area is 180 Å². The second-order valence-electron chi connectivity index (χ2n) is 6.43. The van der Waals surface area contributed by atoms with Crippen molar-refractivity contribution >= 4 is 46.5 Å². The first kappa shape index (κ1) is 20.1. The van der Waals surface area contributed by atoms with Crippen molar-refractivity contribution in [2.24, 2.45) is 0 Å². The van der Waals surface area contributed by atoms with Crippen molar-refractivity contribution in [2.75, 3.05) is 10.6 Å². The van der Waals surface area contributed by atoms with Crippen LogP contribution in [-0.2, 0) is 0 Å². The minimum atomic E-state index is -0.543. The molecule has 0 aliphatic heterocycles. The van der Waals surface area contributed by atoms with E-state index < -0.39 is 11.8 Å². The number of aryl methyl sites for hydroxylation is 1. The van der Waals surface area contributed by atoms with Crippen LogP contribution in [0.15, 0.2) is 58.7 Å². The summed E-state index contributed by atoms with van der Waals surface area (Å²) in [5.41, 5.74) is 2.93. The fraction of sp³-hybridized carbons (Fsp3) is 0.100. The number of nitrogens with one attached hydrogen (secondary N) is 2. The lowest BCUT2D eigenvalue weighted by atomic mass is 10.3. The Balaban J connectivity index is 1.46. The lowest BCUT2D eigenvalue weighted by Crippen LogP contribution is -2.19. The van der Waals surface area contributed by atoms with E-state index in [4.69, 9.17) is 11.6 Å². The summed E-state index contributed by atoms with van der Waals surface area (Å²) in [6.07, 6.45) is 1.48. The molecule has 2 aromatic heterocycles. The molecule has 2 heterocycles. The zero-order valence-corrected chi connectivity index (χ0v) is 17.6. The first-order valence-electron chi connectivity index (χ1n) is 8.88. The molecule has 2 N–H and O–H groups in total. The van der Waals surface area contributed by atoms with Gasteiger partial charge in [-0.25, -0.2) is 14.2 Å². The van der Waals surface area contributed by atoms with Gasteiger partial charge in [-0.2, -0.15) is 14.6 Å². The van der Waals surface area contributed by atoms with Crippen LogP contribution in [0.3, 0.4) is 0 Å². The van der Waals surface area contributed by atoms with E-state index >= 15 is 0 Å². The zero-order chi connectivity index (χ0) is 21.3. The standard InChI is InChI=1S/C20H16ClFN6OS/c1-11-12(2)25-19-23-10-24-28(19)18(11)30-15-6-3-13(4-7-15)26-20(29)27-14-5-8-17(22)16(21)9-14/h3-10H,1-2H3,(H2,26,27,29). The number of hydrogen-bond donors (Lipinski definition) is 2. The van der Waals surface area contributed by atoms with Crippen molar-refractivity contribution in [1.29, 1.82) is 0 Å². The van der Waals surface area contributed by atoms with Gasteiger partial charge in [0.25, 0.3) is 5.78 Å². The van der Waals surface area contributed by atoms with Gasteiger partial charge in [0.05, 0.1) is 5.02 Å². The molecule has 0 fully saturated rings. The molecule has 0 aliphatic rings. The van der Waals surface area contributed by atoms with Gasteiger partial charge < -0.3 is 10.6 Å². The number of anilines is 2. The first-order chi connectivity index (χ1) is 14.4. The molecule has 10 heteroatoms. The quantitative estimate of drug-likeness (QED) is 0.417. The van der Waals surface area contributed by atoms with Crippen LogP contribution in [0.4, 0.5) is 20.6 Å². The molecular weight excluding hydrogens is 427 g/mol. The molecule has 4 rings (SSSR count). The third kappa shape index (κ3) is 4.22.